The lowest BCUT2D eigenvalue weighted by Crippen LogP contribution is -2.38. The summed E-state index contributed by atoms with van der Waals surface area (Å²) >= 11 is 0. The lowest BCUT2D eigenvalue weighted by molar-refractivity contribution is 0.145. The third-order valence-electron chi connectivity index (χ3n) is 4.61. The number of guanidine groups is 1. The first-order chi connectivity index (χ1) is 15.3. The normalized spacial score (nSPS) is 11.4. The Morgan fingerprint density at radius 3 is 2.61 bits per heavy atom. The van der Waals surface area contributed by atoms with Crippen molar-refractivity contribution in [3.8, 4) is 11.4 Å². The van der Waals surface area contributed by atoms with Gasteiger partial charge in [0.15, 0.2) is 11.8 Å². The maximum absolute atomic E-state index is 5.42. The van der Waals surface area contributed by atoms with Crippen molar-refractivity contribution in [3.05, 3.63) is 72.3 Å². The summed E-state index contributed by atoms with van der Waals surface area (Å²) in [5.74, 6) is 2.36. The second-order valence-corrected chi connectivity index (χ2v) is 6.80. The number of methoxy groups -OCH3 is 1. The van der Waals surface area contributed by atoms with E-state index in [1.54, 1.807) is 13.4 Å². The average molecular weight is 423 g/mol. The Bertz CT molecular complexity index is 925. The van der Waals surface area contributed by atoms with Gasteiger partial charge >= 0.3 is 0 Å². The van der Waals surface area contributed by atoms with E-state index in [9.17, 15) is 0 Å². The summed E-state index contributed by atoms with van der Waals surface area (Å²) in [4.78, 5) is 4.72. The van der Waals surface area contributed by atoms with Crippen LogP contribution in [0, 0.1) is 0 Å². The van der Waals surface area contributed by atoms with Crippen LogP contribution < -0.4 is 15.4 Å². The molecule has 0 aliphatic heterocycles. The molecule has 1 aromatic heterocycles. The predicted molar refractivity (Wildman–Crippen MR) is 121 cm³/mol. The molecule has 0 aliphatic carbocycles. The molecular formula is C23H30N6O2. The number of benzene rings is 2. The van der Waals surface area contributed by atoms with Crippen molar-refractivity contribution in [3.63, 3.8) is 0 Å². The minimum Gasteiger partial charge on any atom is -0.497 e. The Balaban J connectivity index is 1.64. The predicted octanol–water partition coefficient (Wildman–Crippen LogP) is 2.94. The molecular weight excluding hydrogens is 392 g/mol. The molecule has 0 saturated heterocycles. The summed E-state index contributed by atoms with van der Waals surface area (Å²) in [6.45, 7) is 5.26. The van der Waals surface area contributed by atoms with Gasteiger partial charge in [-0.15, -0.1) is 10.2 Å². The van der Waals surface area contributed by atoms with Crippen LogP contribution in [0.2, 0.25) is 0 Å². The molecule has 164 valence electrons. The van der Waals surface area contributed by atoms with Crippen LogP contribution in [0.4, 0.5) is 0 Å². The average Bonchev–Trinajstić information content (AvgIpc) is 3.30. The van der Waals surface area contributed by atoms with Gasteiger partial charge in [0, 0.05) is 25.4 Å². The van der Waals surface area contributed by atoms with E-state index in [4.69, 9.17) is 14.5 Å². The molecule has 0 fully saturated rings. The molecule has 3 aromatic rings. The van der Waals surface area contributed by atoms with E-state index in [0.717, 1.165) is 55.0 Å². The Morgan fingerprint density at radius 2 is 1.87 bits per heavy atom. The number of para-hydroxylation sites is 1. The van der Waals surface area contributed by atoms with Crippen molar-refractivity contribution in [1.29, 1.82) is 0 Å². The Labute approximate surface area is 183 Å². The topological polar surface area (TPSA) is 85.6 Å². The first-order valence-corrected chi connectivity index (χ1v) is 10.5. The lowest BCUT2D eigenvalue weighted by atomic mass is 10.2. The van der Waals surface area contributed by atoms with Gasteiger partial charge in [0.25, 0.3) is 0 Å². The fourth-order valence-electron chi connectivity index (χ4n) is 2.95. The van der Waals surface area contributed by atoms with Crippen LogP contribution >= 0.6 is 0 Å². The van der Waals surface area contributed by atoms with Crippen LogP contribution in [0.1, 0.15) is 24.7 Å². The molecule has 0 unspecified atom stereocenters. The summed E-state index contributed by atoms with van der Waals surface area (Å²) in [6.07, 6.45) is 2.62. The molecule has 0 spiro atoms. The zero-order valence-electron chi connectivity index (χ0n) is 18.1. The van der Waals surface area contributed by atoms with Gasteiger partial charge in [0.05, 0.1) is 20.2 Å². The third kappa shape index (κ3) is 7.11. The number of nitrogens with zero attached hydrogens (tertiary/aromatic N) is 4. The largest absolute Gasteiger partial charge is 0.497 e. The minimum absolute atomic E-state index is 0.495. The monoisotopic (exact) mass is 422 g/mol. The zero-order chi connectivity index (χ0) is 21.7. The van der Waals surface area contributed by atoms with Crippen molar-refractivity contribution in [1.82, 2.24) is 25.4 Å². The molecule has 0 atom stereocenters. The van der Waals surface area contributed by atoms with Crippen molar-refractivity contribution < 1.29 is 9.47 Å². The van der Waals surface area contributed by atoms with E-state index < -0.39 is 0 Å². The van der Waals surface area contributed by atoms with Crippen molar-refractivity contribution in [2.75, 3.05) is 26.9 Å². The highest BCUT2D eigenvalue weighted by Gasteiger charge is 2.07. The second-order valence-electron chi connectivity index (χ2n) is 6.80. The Kier molecular flexibility index (Phi) is 8.88. The molecule has 0 amide bonds. The smallest absolute Gasteiger partial charge is 0.191 e. The zero-order valence-corrected chi connectivity index (χ0v) is 18.1. The van der Waals surface area contributed by atoms with Crippen molar-refractivity contribution in [2.45, 2.75) is 26.4 Å². The van der Waals surface area contributed by atoms with Crippen LogP contribution in [-0.4, -0.2) is 47.6 Å². The lowest BCUT2D eigenvalue weighted by Gasteiger charge is -2.13. The minimum atomic E-state index is 0.495. The highest BCUT2D eigenvalue weighted by atomic mass is 16.5. The number of aromatic nitrogens is 3. The second kappa shape index (κ2) is 12.3. The van der Waals surface area contributed by atoms with Gasteiger partial charge in [0.1, 0.15) is 12.1 Å². The molecule has 2 N–H and O–H groups in total. The van der Waals surface area contributed by atoms with E-state index in [2.05, 4.69) is 20.8 Å². The van der Waals surface area contributed by atoms with Gasteiger partial charge in [0.2, 0.25) is 0 Å². The van der Waals surface area contributed by atoms with Gasteiger partial charge in [-0.25, -0.2) is 4.99 Å². The highest BCUT2D eigenvalue weighted by Crippen LogP contribution is 2.12. The number of aliphatic imine (C=N–C) groups is 1. The molecule has 31 heavy (non-hydrogen) atoms. The molecule has 3 rings (SSSR count). The number of nitrogens with one attached hydrogen (secondary N) is 2. The molecule has 8 heteroatoms. The summed E-state index contributed by atoms with van der Waals surface area (Å²) < 4.78 is 12.6. The number of rotatable bonds is 11. The summed E-state index contributed by atoms with van der Waals surface area (Å²) in [6, 6.07) is 17.9. The molecule has 8 nitrogen and oxygen atoms in total. The van der Waals surface area contributed by atoms with Gasteiger partial charge in [-0.1, -0.05) is 30.3 Å². The summed E-state index contributed by atoms with van der Waals surface area (Å²) in [7, 11) is 1.66. The standard InChI is InChI=1S/C23H30N6O2/c1-3-31-15-7-14-24-23(25-16-19-10-12-21(30-2)13-11-19)26-17-22-28-27-18-29(22)20-8-5-4-6-9-20/h4-6,8-13,18H,3,7,14-17H2,1-2H3,(H2,24,25,26). The van der Waals surface area contributed by atoms with Crippen LogP contribution in [0.15, 0.2) is 65.9 Å². The quantitative estimate of drug-likeness (QED) is 0.281. The van der Waals surface area contributed by atoms with Crippen LogP contribution in [0.5, 0.6) is 5.75 Å². The molecule has 0 saturated carbocycles. The van der Waals surface area contributed by atoms with Crippen LogP contribution in [0.3, 0.4) is 0 Å². The van der Waals surface area contributed by atoms with Crippen LogP contribution in [0.25, 0.3) is 5.69 Å². The molecule has 0 aliphatic rings. The van der Waals surface area contributed by atoms with Gasteiger partial charge in [-0.3, -0.25) is 4.57 Å². The Hall–Kier alpha value is -3.39. The van der Waals surface area contributed by atoms with Crippen molar-refractivity contribution >= 4 is 5.96 Å². The molecule has 0 radical (unpaired) electrons. The van der Waals surface area contributed by atoms with Gasteiger partial charge < -0.3 is 20.1 Å². The molecule has 2 aromatic carbocycles. The fourth-order valence-corrected chi connectivity index (χ4v) is 2.95. The molecule has 1 heterocycles. The van der Waals surface area contributed by atoms with Crippen LogP contribution in [-0.2, 0) is 17.8 Å². The third-order valence-corrected chi connectivity index (χ3v) is 4.61. The first kappa shape index (κ1) is 22.3. The number of hydrogen-bond donors (Lipinski definition) is 2. The number of hydrogen-bond acceptors (Lipinski definition) is 5. The van der Waals surface area contributed by atoms with E-state index >= 15 is 0 Å². The fraction of sp³-hybridized carbons (Fsp3) is 0.348. The van der Waals surface area contributed by atoms with Gasteiger partial charge in [-0.05, 0) is 43.2 Å². The number of ether oxygens (including phenoxy) is 2. The summed E-state index contributed by atoms with van der Waals surface area (Å²) in [5, 5.41) is 15.1. The van der Waals surface area contributed by atoms with Gasteiger partial charge in [-0.2, -0.15) is 0 Å². The SMILES string of the molecule is CCOCCCNC(=NCc1ccc(OC)cc1)NCc1nncn1-c1ccccc1. The summed E-state index contributed by atoms with van der Waals surface area (Å²) in [5.41, 5.74) is 2.12. The van der Waals surface area contributed by atoms with E-state index in [0.29, 0.717) is 13.1 Å². The maximum atomic E-state index is 5.42. The maximum Gasteiger partial charge on any atom is 0.191 e. The van der Waals surface area contributed by atoms with E-state index in [-0.39, 0.29) is 0 Å². The Morgan fingerprint density at radius 1 is 1.06 bits per heavy atom. The molecule has 0 bridgehead atoms. The highest BCUT2D eigenvalue weighted by molar-refractivity contribution is 5.79. The van der Waals surface area contributed by atoms with Crippen molar-refractivity contribution in [2.24, 2.45) is 4.99 Å². The van der Waals surface area contributed by atoms with E-state index in [1.807, 2.05) is 66.1 Å². The first-order valence-electron chi connectivity index (χ1n) is 10.5. The van der Waals surface area contributed by atoms with E-state index in [1.165, 1.54) is 0 Å².